The van der Waals surface area contributed by atoms with Crippen molar-refractivity contribution in [2.24, 2.45) is 5.92 Å². The Morgan fingerprint density at radius 3 is 2.71 bits per heavy atom. The lowest BCUT2D eigenvalue weighted by Gasteiger charge is -2.34. The van der Waals surface area contributed by atoms with Gasteiger partial charge in [0.15, 0.2) is 0 Å². The van der Waals surface area contributed by atoms with Crippen molar-refractivity contribution < 1.29 is 9.53 Å². The van der Waals surface area contributed by atoms with Gasteiger partial charge in [0.2, 0.25) is 5.91 Å². The molecular weight excluding hydrogens is 304 g/mol. The molecule has 2 unspecified atom stereocenters. The molecule has 2 atom stereocenters. The number of likely N-dealkylation sites (tertiary alicyclic amines) is 1. The molecule has 0 aromatic carbocycles. The van der Waals surface area contributed by atoms with Gasteiger partial charge in [0.1, 0.15) is 0 Å². The van der Waals surface area contributed by atoms with Gasteiger partial charge >= 0.3 is 0 Å². The van der Waals surface area contributed by atoms with Crippen LogP contribution in [0.2, 0.25) is 0 Å². The number of hydrogen-bond donors (Lipinski definition) is 0. The highest BCUT2D eigenvalue weighted by Crippen LogP contribution is 2.26. The number of hydrogen-bond acceptors (Lipinski definition) is 4. The van der Waals surface area contributed by atoms with Gasteiger partial charge in [-0.05, 0) is 25.8 Å². The maximum absolute atomic E-state index is 12.7. The Morgan fingerprint density at radius 2 is 2.08 bits per heavy atom. The Morgan fingerprint density at radius 1 is 1.33 bits per heavy atom. The Kier molecular flexibility index (Phi) is 5.56. The number of amides is 1. The van der Waals surface area contributed by atoms with E-state index >= 15 is 0 Å². The summed E-state index contributed by atoms with van der Waals surface area (Å²) in [5.41, 5.74) is 0.872. The van der Waals surface area contributed by atoms with Crippen molar-refractivity contribution in [1.29, 1.82) is 0 Å². The molecule has 2 saturated heterocycles. The molecule has 3 rings (SSSR count). The predicted molar refractivity (Wildman–Crippen MR) is 92.9 cm³/mol. The zero-order valence-electron chi connectivity index (χ0n) is 15.1. The second kappa shape index (κ2) is 7.66. The Balaban J connectivity index is 1.60. The van der Waals surface area contributed by atoms with Crippen LogP contribution in [0, 0.1) is 5.92 Å². The van der Waals surface area contributed by atoms with Crippen molar-refractivity contribution >= 4 is 5.91 Å². The van der Waals surface area contributed by atoms with Crippen LogP contribution in [0.4, 0.5) is 0 Å². The van der Waals surface area contributed by atoms with Gasteiger partial charge < -0.3 is 9.64 Å². The van der Waals surface area contributed by atoms with Crippen molar-refractivity contribution in [3.05, 3.63) is 18.0 Å². The molecule has 3 heterocycles. The average molecular weight is 334 g/mol. The van der Waals surface area contributed by atoms with E-state index < -0.39 is 0 Å². The van der Waals surface area contributed by atoms with E-state index in [0.717, 1.165) is 51.5 Å². The van der Waals surface area contributed by atoms with Crippen molar-refractivity contribution in [2.75, 3.05) is 39.4 Å². The molecular formula is C18H30N4O2. The maximum atomic E-state index is 12.7. The summed E-state index contributed by atoms with van der Waals surface area (Å²) in [7, 11) is 0. The van der Waals surface area contributed by atoms with Crippen LogP contribution in [-0.4, -0.2) is 70.9 Å². The fraction of sp³-hybridized carbons (Fsp3) is 0.778. The summed E-state index contributed by atoms with van der Waals surface area (Å²) >= 11 is 0. The smallest absolute Gasteiger partial charge is 0.228 e. The molecule has 6 heteroatoms. The lowest BCUT2D eigenvalue weighted by molar-refractivity contribution is -0.129. The zero-order chi connectivity index (χ0) is 17.1. The predicted octanol–water partition coefficient (Wildman–Crippen LogP) is 1.58. The number of morpholine rings is 1. The van der Waals surface area contributed by atoms with E-state index in [9.17, 15) is 4.79 Å². The summed E-state index contributed by atoms with van der Waals surface area (Å²) < 4.78 is 7.38. The fourth-order valence-electron chi connectivity index (χ4n) is 3.81. The van der Waals surface area contributed by atoms with Crippen LogP contribution >= 0.6 is 0 Å². The average Bonchev–Trinajstić information content (AvgIpc) is 3.22. The normalized spacial score (nSPS) is 25.6. The van der Waals surface area contributed by atoms with Gasteiger partial charge in [0.25, 0.3) is 0 Å². The molecule has 134 valence electrons. The van der Waals surface area contributed by atoms with Crippen LogP contribution < -0.4 is 0 Å². The molecule has 0 saturated carbocycles. The highest BCUT2D eigenvalue weighted by Gasteiger charge is 2.38. The molecule has 1 amide bonds. The van der Waals surface area contributed by atoms with Gasteiger partial charge in [-0.2, -0.15) is 5.10 Å². The number of nitrogens with zero attached hydrogens (tertiary/aromatic N) is 4. The van der Waals surface area contributed by atoms with Gasteiger partial charge in [-0.1, -0.05) is 13.3 Å². The molecule has 2 fully saturated rings. The monoisotopic (exact) mass is 334 g/mol. The highest BCUT2D eigenvalue weighted by molar-refractivity contribution is 5.78. The third-order valence-electron chi connectivity index (χ3n) is 5.32. The quantitative estimate of drug-likeness (QED) is 0.820. The molecule has 1 aromatic rings. The second-order valence-electron chi connectivity index (χ2n) is 7.24. The van der Waals surface area contributed by atoms with Crippen LogP contribution in [0.5, 0.6) is 0 Å². The van der Waals surface area contributed by atoms with E-state index in [1.54, 1.807) is 0 Å². The number of ether oxygens (including phenoxy) is 1. The number of rotatable bonds is 5. The van der Waals surface area contributed by atoms with Crippen molar-refractivity contribution in [3.63, 3.8) is 0 Å². The molecule has 0 aliphatic carbocycles. The van der Waals surface area contributed by atoms with E-state index in [2.05, 4.69) is 30.8 Å². The molecule has 24 heavy (non-hydrogen) atoms. The maximum Gasteiger partial charge on any atom is 0.228 e. The van der Waals surface area contributed by atoms with E-state index in [0.29, 0.717) is 24.4 Å². The standard InChI is InChI=1S/C18H30N4O2/c1-4-15-12-21(13-17(15)20-7-9-24-10-8-20)18(23)11-16-5-6-22(19-16)14(2)3/h5-6,14-15,17H,4,7-13H2,1-3H3. The first-order valence-electron chi connectivity index (χ1n) is 9.22. The third-order valence-corrected chi connectivity index (χ3v) is 5.32. The van der Waals surface area contributed by atoms with Crippen LogP contribution in [0.25, 0.3) is 0 Å². The molecule has 1 aromatic heterocycles. The third kappa shape index (κ3) is 3.81. The lowest BCUT2D eigenvalue weighted by atomic mass is 9.99. The topological polar surface area (TPSA) is 50.6 Å². The molecule has 0 spiro atoms. The summed E-state index contributed by atoms with van der Waals surface area (Å²) in [4.78, 5) is 17.3. The SMILES string of the molecule is CCC1CN(C(=O)Cc2ccn(C(C)C)n2)CC1N1CCOCC1. The molecule has 0 N–H and O–H groups in total. The largest absolute Gasteiger partial charge is 0.379 e. The number of aromatic nitrogens is 2. The van der Waals surface area contributed by atoms with Gasteiger partial charge in [0.05, 0.1) is 25.3 Å². The Bertz CT molecular complexity index is 551. The molecule has 2 aliphatic heterocycles. The Hall–Kier alpha value is -1.40. The van der Waals surface area contributed by atoms with E-state index in [-0.39, 0.29) is 5.91 Å². The van der Waals surface area contributed by atoms with Gasteiger partial charge in [-0.3, -0.25) is 14.4 Å². The van der Waals surface area contributed by atoms with Crippen molar-refractivity contribution in [3.8, 4) is 0 Å². The molecule has 2 aliphatic rings. The summed E-state index contributed by atoms with van der Waals surface area (Å²) in [5, 5.41) is 4.51. The summed E-state index contributed by atoms with van der Waals surface area (Å²) in [6.07, 6.45) is 3.49. The molecule has 6 nitrogen and oxygen atoms in total. The zero-order valence-corrected chi connectivity index (χ0v) is 15.1. The lowest BCUT2D eigenvalue weighted by Crippen LogP contribution is -2.47. The van der Waals surface area contributed by atoms with E-state index in [1.165, 1.54) is 0 Å². The second-order valence-corrected chi connectivity index (χ2v) is 7.24. The molecule has 0 bridgehead atoms. The first-order valence-corrected chi connectivity index (χ1v) is 9.22. The van der Waals surface area contributed by atoms with Gasteiger partial charge in [-0.15, -0.1) is 0 Å². The summed E-state index contributed by atoms with van der Waals surface area (Å²) in [6.45, 7) is 11.8. The minimum absolute atomic E-state index is 0.207. The Labute approximate surface area is 144 Å². The minimum Gasteiger partial charge on any atom is -0.379 e. The fourth-order valence-corrected chi connectivity index (χ4v) is 3.81. The number of carbonyl (C=O) groups excluding carboxylic acids is 1. The van der Waals surface area contributed by atoms with E-state index in [1.807, 2.05) is 21.8 Å². The van der Waals surface area contributed by atoms with Gasteiger partial charge in [0, 0.05) is 44.5 Å². The van der Waals surface area contributed by atoms with Crippen LogP contribution in [0.3, 0.4) is 0 Å². The number of carbonyl (C=O) groups is 1. The van der Waals surface area contributed by atoms with Crippen molar-refractivity contribution in [1.82, 2.24) is 19.6 Å². The van der Waals surface area contributed by atoms with Crippen LogP contribution in [0.1, 0.15) is 38.9 Å². The summed E-state index contributed by atoms with van der Waals surface area (Å²) in [5.74, 6) is 0.776. The minimum atomic E-state index is 0.207. The molecule has 0 radical (unpaired) electrons. The first kappa shape index (κ1) is 17.4. The van der Waals surface area contributed by atoms with E-state index in [4.69, 9.17) is 4.74 Å². The first-order chi connectivity index (χ1) is 11.6. The highest BCUT2D eigenvalue weighted by atomic mass is 16.5. The van der Waals surface area contributed by atoms with Gasteiger partial charge in [-0.25, -0.2) is 0 Å². The van der Waals surface area contributed by atoms with Crippen LogP contribution in [0.15, 0.2) is 12.3 Å². The summed E-state index contributed by atoms with van der Waals surface area (Å²) in [6, 6.07) is 2.77. The van der Waals surface area contributed by atoms with Crippen molar-refractivity contribution in [2.45, 2.75) is 45.7 Å². The van der Waals surface area contributed by atoms with Crippen LogP contribution in [-0.2, 0) is 16.0 Å².